The molecule has 1 unspecified atom stereocenters. The van der Waals surface area contributed by atoms with Crippen LogP contribution in [0.1, 0.15) is 62.2 Å². The van der Waals surface area contributed by atoms with Gasteiger partial charge in [0, 0.05) is 31.6 Å². The van der Waals surface area contributed by atoms with Crippen molar-refractivity contribution in [1.82, 2.24) is 10.2 Å². The van der Waals surface area contributed by atoms with Crippen LogP contribution >= 0.6 is 11.6 Å². The largest absolute Gasteiger partial charge is 0.489 e. The van der Waals surface area contributed by atoms with Crippen molar-refractivity contribution in [3.63, 3.8) is 0 Å². The van der Waals surface area contributed by atoms with E-state index < -0.39 is 0 Å². The highest BCUT2D eigenvalue weighted by molar-refractivity contribution is 6.32. The summed E-state index contributed by atoms with van der Waals surface area (Å²) in [5, 5.41) is 3.41. The van der Waals surface area contributed by atoms with Crippen LogP contribution in [0, 0.1) is 5.92 Å². The number of likely N-dealkylation sites (tertiary alicyclic amines) is 1. The fourth-order valence-corrected chi connectivity index (χ4v) is 4.09. The third kappa shape index (κ3) is 5.78. The summed E-state index contributed by atoms with van der Waals surface area (Å²) in [6, 6.07) is 3.33. The lowest BCUT2D eigenvalue weighted by molar-refractivity contribution is -0.126. The molecule has 0 aliphatic carbocycles. The van der Waals surface area contributed by atoms with Gasteiger partial charge in [-0.2, -0.15) is 0 Å². The summed E-state index contributed by atoms with van der Waals surface area (Å²) in [5.41, 5.74) is 0.472. The van der Waals surface area contributed by atoms with Gasteiger partial charge in [-0.3, -0.25) is 9.59 Å². The Balaban J connectivity index is 1.60. The van der Waals surface area contributed by atoms with Crippen molar-refractivity contribution in [2.45, 2.75) is 51.9 Å². The highest BCUT2D eigenvalue weighted by Gasteiger charge is 2.29. The van der Waals surface area contributed by atoms with Gasteiger partial charge in [-0.15, -0.1) is 0 Å². The molecular formula is C22H31ClN2O4. The van der Waals surface area contributed by atoms with Gasteiger partial charge in [-0.25, -0.2) is 0 Å². The summed E-state index contributed by atoms with van der Waals surface area (Å²) in [7, 11) is 0. The second-order valence-corrected chi connectivity index (χ2v) is 8.19. The summed E-state index contributed by atoms with van der Waals surface area (Å²) in [6.07, 6.45) is 6.92. The first-order valence-corrected chi connectivity index (χ1v) is 11.1. The van der Waals surface area contributed by atoms with Crippen LogP contribution in [0.4, 0.5) is 0 Å². The normalized spacial score (nSPS) is 18.8. The summed E-state index contributed by atoms with van der Waals surface area (Å²) >= 11 is 6.34. The van der Waals surface area contributed by atoms with Crippen LogP contribution < -0.4 is 14.8 Å². The Hall–Kier alpha value is -1.95. The van der Waals surface area contributed by atoms with Crippen LogP contribution in [-0.2, 0) is 4.79 Å². The van der Waals surface area contributed by atoms with Crippen LogP contribution in [0.25, 0.3) is 0 Å². The molecule has 2 aliphatic heterocycles. The van der Waals surface area contributed by atoms with E-state index in [1.54, 1.807) is 17.0 Å². The molecule has 1 atom stereocenters. The number of piperidine rings is 1. The van der Waals surface area contributed by atoms with Gasteiger partial charge < -0.3 is 19.7 Å². The number of amides is 2. The zero-order chi connectivity index (χ0) is 20.6. The van der Waals surface area contributed by atoms with Crippen LogP contribution in [0.15, 0.2) is 12.1 Å². The summed E-state index contributed by atoms with van der Waals surface area (Å²) in [5.74, 6) is 0.782. The molecule has 1 fully saturated rings. The Kier molecular flexibility index (Phi) is 8.04. The Morgan fingerprint density at radius 2 is 2.00 bits per heavy atom. The zero-order valence-corrected chi connectivity index (χ0v) is 17.9. The standard InChI is InChI=1S/C22H31ClN2O4/c1-2-3-4-5-9-24-21(26)16-8-6-10-25(15-16)22(27)17-13-18(23)20-19(14-17)28-11-7-12-29-20/h13-14,16H,2-12,15H2,1H3,(H,24,26). The monoisotopic (exact) mass is 422 g/mol. The van der Waals surface area contributed by atoms with Gasteiger partial charge in [0.1, 0.15) is 0 Å². The van der Waals surface area contributed by atoms with Gasteiger partial charge in [0.05, 0.1) is 24.2 Å². The number of ether oxygens (including phenoxy) is 2. The number of halogens is 1. The van der Waals surface area contributed by atoms with Gasteiger partial charge in [-0.1, -0.05) is 37.8 Å². The first-order chi connectivity index (χ1) is 14.1. The highest BCUT2D eigenvalue weighted by Crippen LogP contribution is 2.38. The molecule has 0 radical (unpaired) electrons. The molecule has 29 heavy (non-hydrogen) atoms. The van der Waals surface area contributed by atoms with E-state index >= 15 is 0 Å². The summed E-state index contributed by atoms with van der Waals surface area (Å²) < 4.78 is 11.3. The molecule has 3 rings (SSSR count). The molecule has 1 saturated heterocycles. The number of unbranched alkanes of at least 4 members (excludes halogenated alkanes) is 3. The zero-order valence-electron chi connectivity index (χ0n) is 17.2. The third-order valence-corrected chi connectivity index (χ3v) is 5.74. The molecule has 0 spiro atoms. The molecule has 0 aromatic heterocycles. The number of rotatable bonds is 7. The second kappa shape index (κ2) is 10.7. The van der Waals surface area contributed by atoms with Gasteiger partial charge in [-0.05, 0) is 31.4 Å². The quantitative estimate of drug-likeness (QED) is 0.673. The van der Waals surface area contributed by atoms with Crippen molar-refractivity contribution in [3.05, 3.63) is 22.7 Å². The van der Waals surface area contributed by atoms with E-state index in [1.165, 1.54) is 12.8 Å². The Morgan fingerprint density at radius 3 is 2.83 bits per heavy atom. The third-order valence-electron chi connectivity index (χ3n) is 5.46. The molecule has 7 heteroatoms. The van der Waals surface area contributed by atoms with Crippen LogP contribution in [-0.4, -0.2) is 49.6 Å². The van der Waals surface area contributed by atoms with Crippen molar-refractivity contribution >= 4 is 23.4 Å². The number of carbonyl (C=O) groups excluding carboxylic acids is 2. The number of benzene rings is 1. The number of hydrogen-bond donors (Lipinski definition) is 1. The average molecular weight is 423 g/mol. The molecule has 1 aromatic rings. The van der Waals surface area contributed by atoms with E-state index in [4.69, 9.17) is 21.1 Å². The lowest BCUT2D eigenvalue weighted by atomic mass is 9.96. The predicted octanol–water partition coefficient (Wildman–Crippen LogP) is 4.05. The molecule has 1 N–H and O–H groups in total. The summed E-state index contributed by atoms with van der Waals surface area (Å²) in [4.78, 5) is 27.3. The van der Waals surface area contributed by atoms with E-state index in [0.29, 0.717) is 54.9 Å². The molecule has 160 valence electrons. The highest BCUT2D eigenvalue weighted by atomic mass is 35.5. The second-order valence-electron chi connectivity index (χ2n) is 7.78. The molecule has 2 heterocycles. The van der Waals surface area contributed by atoms with Crippen molar-refractivity contribution in [2.24, 2.45) is 5.92 Å². The molecule has 1 aromatic carbocycles. The van der Waals surface area contributed by atoms with Crippen LogP contribution in [0.5, 0.6) is 11.5 Å². The van der Waals surface area contributed by atoms with Crippen molar-refractivity contribution in [2.75, 3.05) is 32.8 Å². The van der Waals surface area contributed by atoms with Gasteiger partial charge in [0.2, 0.25) is 5.91 Å². The van der Waals surface area contributed by atoms with Crippen molar-refractivity contribution in [3.8, 4) is 11.5 Å². The maximum Gasteiger partial charge on any atom is 0.254 e. The molecule has 0 bridgehead atoms. The van der Waals surface area contributed by atoms with E-state index in [0.717, 1.165) is 32.1 Å². The Morgan fingerprint density at radius 1 is 1.17 bits per heavy atom. The number of nitrogens with one attached hydrogen (secondary N) is 1. The van der Waals surface area contributed by atoms with Crippen LogP contribution in [0.3, 0.4) is 0 Å². The molecule has 6 nitrogen and oxygen atoms in total. The lowest BCUT2D eigenvalue weighted by Gasteiger charge is -2.32. The average Bonchev–Trinajstić information content (AvgIpc) is 2.99. The van der Waals surface area contributed by atoms with Gasteiger partial charge >= 0.3 is 0 Å². The molecule has 0 saturated carbocycles. The van der Waals surface area contributed by atoms with E-state index in [1.807, 2.05) is 0 Å². The fraction of sp³-hybridized carbons (Fsp3) is 0.636. The Bertz CT molecular complexity index is 725. The SMILES string of the molecule is CCCCCCNC(=O)C1CCCN(C(=O)c2cc(Cl)c3c(c2)OCCCO3)C1. The number of carbonyl (C=O) groups is 2. The maximum atomic E-state index is 13.1. The van der Waals surface area contributed by atoms with Crippen molar-refractivity contribution < 1.29 is 19.1 Å². The van der Waals surface area contributed by atoms with Gasteiger partial charge in [0.15, 0.2) is 11.5 Å². The Labute approximate surface area is 177 Å². The topological polar surface area (TPSA) is 67.9 Å². The smallest absolute Gasteiger partial charge is 0.254 e. The van der Waals surface area contributed by atoms with E-state index in [-0.39, 0.29) is 17.7 Å². The first kappa shape index (κ1) is 21.8. The minimum atomic E-state index is -0.158. The maximum absolute atomic E-state index is 13.1. The first-order valence-electron chi connectivity index (χ1n) is 10.8. The number of hydrogen-bond acceptors (Lipinski definition) is 4. The summed E-state index contributed by atoms with van der Waals surface area (Å²) in [6.45, 7) is 5.03. The van der Waals surface area contributed by atoms with E-state index in [2.05, 4.69) is 12.2 Å². The number of nitrogens with zero attached hydrogens (tertiary/aromatic N) is 1. The number of fused-ring (bicyclic) bond motifs is 1. The molecular weight excluding hydrogens is 392 g/mol. The van der Waals surface area contributed by atoms with Crippen LogP contribution in [0.2, 0.25) is 5.02 Å². The lowest BCUT2D eigenvalue weighted by Crippen LogP contribution is -2.45. The fourth-order valence-electron chi connectivity index (χ4n) is 3.82. The molecule has 2 amide bonds. The minimum Gasteiger partial charge on any atom is -0.489 e. The van der Waals surface area contributed by atoms with Crippen molar-refractivity contribution in [1.29, 1.82) is 0 Å². The van der Waals surface area contributed by atoms with Gasteiger partial charge in [0.25, 0.3) is 5.91 Å². The minimum absolute atomic E-state index is 0.0516. The predicted molar refractivity (Wildman–Crippen MR) is 113 cm³/mol. The molecule has 2 aliphatic rings. The van der Waals surface area contributed by atoms with E-state index in [9.17, 15) is 9.59 Å².